The molecular weight excluding hydrogens is 160 g/mol. The SMILES string of the molecule is CC(=O)Oc1ccc(C(C)=O)o1. The Bertz CT molecular complexity index is 311. The molecule has 1 heterocycles. The van der Waals surface area contributed by atoms with Crippen molar-refractivity contribution in [3.05, 3.63) is 17.9 Å². The molecule has 0 aromatic carbocycles. The van der Waals surface area contributed by atoms with E-state index in [0.29, 0.717) is 0 Å². The van der Waals surface area contributed by atoms with E-state index < -0.39 is 5.97 Å². The second kappa shape index (κ2) is 3.21. The highest BCUT2D eigenvalue weighted by molar-refractivity contribution is 5.91. The zero-order chi connectivity index (χ0) is 9.14. The van der Waals surface area contributed by atoms with E-state index in [9.17, 15) is 9.59 Å². The van der Waals surface area contributed by atoms with Crippen molar-refractivity contribution in [3.63, 3.8) is 0 Å². The smallest absolute Gasteiger partial charge is 0.310 e. The number of ether oxygens (including phenoxy) is 1. The van der Waals surface area contributed by atoms with Crippen molar-refractivity contribution in [2.45, 2.75) is 13.8 Å². The lowest BCUT2D eigenvalue weighted by Gasteiger charge is -1.92. The molecule has 0 atom stereocenters. The Morgan fingerprint density at radius 2 is 2.00 bits per heavy atom. The van der Waals surface area contributed by atoms with Crippen LogP contribution in [0.3, 0.4) is 0 Å². The van der Waals surface area contributed by atoms with E-state index in [1.807, 2.05) is 0 Å². The lowest BCUT2D eigenvalue weighted by atomic mass is 10.3. The minimum absolute atomic E-state index is 0.0488. The van der Waals surface area contributed by atoms with E-state index in [-0.39, 0.29) is 17.5 Å². The number of rotatable bonds is 2. The van der Waals surface area contributed by atoms with Crippen LogP contribution in [0.1, 0.15) is 24.4 Å². The molecule has 0 bridgehead atoms. The van der Waals surface area contributed by atoms with Crippen molar-refractivity contribution in [1.82, 2.24) is 0 Å². The molecule has 1 rings (SSSR count). The van der Waals surface area contributed by atoms with Gasteiger partial charge in [-0.2, -0.15) is 0 Å². The summed E-state index contributed by atoms with van der Waals surface area (Å²) < 4.78 is 9.45. The van der Waals surface area contributed by atoms with Gasteiger partial charge in [-0.25, -0.2) is 0 Å². The van der Waals surface area contributed by atoms with E-state index in [2.05, 4.69) is 4.74 Å². The molecule has 0 saturated carbocycles. The summed E-state index contributed by atoms with van der Waals surface area (Å²) in [7, 11) is 0. The molecule has 0 radical (unpaired) electrons. The average molecular weight is 168 g/mol. The Balaban J connectivity index is 2.77. The standard InChI is InChI=1S/C8H8O4/c1-5(9)7-3-4-8(12-7)11-6(2)10/h3-4H,1-2H3. The predicted molar refractivity (Wildman–Crippen MR) is 40.0 cm³/mol. The van der Waals surface area contributed by atoms with Gasteiger partial charge >= 0.3 is 5.97 Å². The summed E-state index contributed by atoms with van der Waals surface area (Å²) in [5.74, 6) is -0.438. The minimum atomic E-state index is -0.473. The minimum Gasteiger partial charge on any atom is -0.422 e. The Morgan fingerprint density at radius 3 is 2.42 bits per heavy atom. The Hall–Kier alpha value is -1.58. The summed E-state index contributed by atoms with van der Waals surface area (Å²) in [6.45, 7) is 2.63. The van der Waals surface area contributed by atoms with Crippen LogP contribution >= 0.6 is 0 Å². The number of hydrogen-bond donors (Lipinski definition) is 0. The molecule has 0 N–H and O–H groups in total. The lowest BCUT2D eigenvalue weighted by molar-refractivity contribution is -0.133. The van der Waals surface area contributed by atoms with Crippen LogP contribution in [0.5, 0.6) is 5.95 Å². The third-order valence-electron chi connectivity index (χ3n) is 1.17. The molecule has 1 aromatic heterocycles. The molecule has 64 valence electrons. The summed E-state index contributed by atoms with van der Waals surface area (Å²) in [6.07, 6.45) is 0. The van der Waals surface area contributed by atoms with Crippen LogP contribution in [0.4, 0.5) is 0 Å². The first-order valence-corrected chi connectivity index (χ1v) is 3.39. The molecule has 0 saturated heterocycles. The van der Waals surface area contributed by atoms with E-state index in [1.165, 1.54) is 26.0 Å². The molecule has 1 aromatic rings. The van der Waals surface area contributed by atoms with Crippen LogP contribution in [0.25, 0.3) is 0 Å². The average Bonchev–Trinajstić information content (AvgIpc) is 2.34. The first-order valence-electron chi connectivity index (χ1n) is 3.39. The topological polar surface area (TPSA) is 56.5 Å². The third-order valence-corrected chi connectivity index (χ3v) is 1.17. The molecule has 0 spiro atoms. The largest absolute Gasteiger partial charge is 0.422 e. The number of carbonyl (C=O) groups is 2. The lowest BCUT2D eigenvalue weighted by Crippen LogP contribution is -1.99. The van der Waals surface area contributed by atoms with Gasteiger partial charge in [0.15, 0.2) is 11.5 Å². The van der Waals surface area contributed by atoms with Gasteiger partial charge in [0.05, 0.1) is 0 Å². The summed E-state index contributed by atoms with van der Waals surface area (Å²) in [5.41, 5.74) is 0. The van der Waals surface area contributed by atoms with Crippen LogP contribution in [-0.4, -0.2) is 11.8 Å². The highest BCUT2D eigenvalue weighted by Crippen LogP contribution is 2.16. The molecule has 0 unspecified atom stereocenters. The summed E-state index contributed by atoms with van der Waals surface area (Å²) in [5, 5.41) is 0. The second-order valence-electron chi connectivity index (χ2n) is 2.27. The monoisotopic (exact) mass is 168 g/mol. The van der Waals surface area contributed by atoms with Crippen LogP contribution in [0.2, 0.25) is 0 Å². The highest BCUT2D eigenvalue weighted by Gasteiger charge is 2.07. The van der Waals surface area contributed by atoms with Crippen molar-refractivity contribution in [2.75, 3.05) is 0 Å². The van der Waals surface area contributed by atoms with Gasteiger partial charge in [0.25, 0.3) is 5.95 Å². The van der Waals surface area contributed by atoms with Crippen LogP contribution in [-0.2, 0) is 4.79 Å². The number of furan rings is 1. The van der Waals surface area contributed by atoms with Gasteiger partial charge in [-0.15, -0.1) is 0 Å². The molecule has 0 fully saturated rings. The van der Waals surface area contributed by atoms with E-state index in [4.69, 9.17) is 4.42 Å². The van der Waals surface area contributed by atoms with Gasteiger partial charge in [-0.05, 0) is 6.07 Å². The number of Topliss-reactive ketones (excluding diaryl/α,β-unsaturated/α-hetero) is 1. The van der Waals surface area contributed by atoms with Crippen molar-refractivity contribution in [1.29, 1.82) is 0 Å². The van der Waals surface area contributed by atoms with Crippen molar-refractivity contribution >= 4 is 11.8 Å². The fourth-order valence-corrected chi connectivity index (χ4v) is 0.706. The van der Waals surface area contributed by atoms with Gasteiger partial charge < -0.3 is 9.15 Å². The fraction of sp³-hybridized carbons (Fsp3) is 0.250. The van der Waals surface area contributed by atoms with Gasteiger partial charge in [-0.3, -0.25) is 9.59 Å². The normalized spacial score (nSPS) is 9.50. The van der Waals surface area contributed by atoms with Crippen molar-refractivity contribution < 1.29 is 18.7 Å². The summed E-state index contributed by atoms with van der Waals surface area (Å²) in [4.78, 5) is 21.1. The molecular formula is C8H8O4. The Labute approximate surface area is 69.1 Å². The number of esters is 1. The van der Waals surface area contributed by atoms with Crippen LogP contribution in [0.15, 0.2) is 16.5 Å². The molecule has 0 aliphatic heterocycles. The molecule has 4 nitrogen and oxygen atoms in total. The third kappa shape index (κ3) is 1.95. The van der Waals surface area contributed by atoms with Gasteiger partial charge in [0.1, 0.15) is 0 Å². The van der Waals surface area contributed by atoms with Gasteiger partial charge in [0, 0.05) is 19.9 Å². The van der Waals surface area contributed by atoms with Gasteiger partial charge in [-0.1, -0.05) is 0 Å². The zero-order valence-electron chi connectivity index (χ0n) is 6.79. The maximum Gasteiger partial charge on any atom is 0.310 e. The van der Waals surface area contributed by atoms with E-state index in [0.717, 1.165) is 0 Å². The number of carbonyl (C=O) groups excluding carboxylic acids is 2. The Morgan fingerprint density at radius 1 is 1.33 bits per heavy atom. The summed E-state index contributed by atoms with van der Waals surface area (Å²) in [6, 6.07) is 2.89. The van der Waals surface area contributed by atoms with Crippen LogP contribution < -0.4 is 4.74 Å². The zero-order valence-corrected chi connectivity index (χ0v) is 6.79. The highest BCUT2D eigenvalue weighted by atomic mass is 16.6. The predicted octanol–water partition coefficient (Wildman–Crippen LogP) is 1.41. The van der Waals surface area contributed by atoms with Crippen molar-refractivity contribution in [2.24, 2.45) is 0 Å². The van der Waals surface area contributed by atoms with Gasteiger partial charge in [0.2, 0.25) is 0 Å². The first kappa shape index (κ1) is 8.52. The molecule has 0 aliphatic carbocycles. The maximum absolute atomic E-state index is 10.7. The number of ketones is 1. The first-order chi connectivity index (χ1) is 5.59. The molecule has 0 amide bonds. The van der Waals surface area contributed by atoms with E-state index in [1.54, 1.807) is 0 Å². The quantitative estimate of drug-likeness (QED) is 0.494. The maximum atomic E-state index is 10.7. The molecule has 0 aliphatic rings. The van der Waals surface area contributed by atoms with E-state index >= 15 is 0 Å². The molecule has 12 heavy (non-hydrogen) atoms. The number of hydrogen-bond acceptors (Lipinski definition) is 4. The Kier molecular flexibility index (Phi) is 2.28. The van der Waals surface area contributed by atoms with Crippen LogP contribution in [0, 0.1) is 0 Å². The second-order valence-corrected chi connectivity index (χ2v) is 2.27. The summed E-state index contributed by atoms with van der Waals surface area (Å²) >= 11 is 0. The molecule has 4 heteroatoms. The van der Waals surface area contributed by atoms with Crippen molar-refractivity contribution in [3.8, 4) is 5.95 Å². The fourth-order valence-electron chi connectivity index (χ4n) is 0.706.